The zero-order chi connectivity index (χ0) is 15.3. The first-order chi connectivity index (χ1) is 9.40. The molecule has 0 saturated heterocycles. The Hall–Kier alpha value is -1.71. The normalized spacial score (nSPS) is 11.1. The average molecular weight is 279 g/mol. The van der Waals surface area contributed by atoms with Gasteiger partial charge in [-0.1, -0.05) is 27.7 Å². The van der Waals surface area contributed by atoms with Gasteiger partial charge in [0.1, 0.15) is 11.5 Å². The molecule has 0 aliphatic carbocycles. The Morgan fingerprint density at radius 3 is 2.30 bits per heavy atom. The maximum absolute atomic E-state index is 12.7. The minimum atomic E-state index is -0.221. The van der Waals surface area contributed by atoms with Gasteiger partial charge in [-0.15, -0.1) is 0 Å². The van der Waals surface area contributed by atoms with Crippen molar-refractivity contribution < 1.29 is 15.0 Å². The second-order valence-corrected chi connectivity index (χ2v) is 5.52. The fourth-order valence-corrected chi connectivity index (χ4v) is 2.37. The summed E-state index contributed by atoms with van der Waals surface area (Å²) in [4.78, 5) is 14.5. The molecule has 1 aromatic carbocycles. The highest BCUT2D eigenvalue weighted by atomic mass is 16.3. The number of benzene rings is 1. The predicted molar refractivity (Wildman–Crippen MR) is 80.0 cm³/mol. The lowest BCUT2D eigenvalue weighted by Gasteiger charge is -2.32. The molecule has 4 nitrogen and oxygen atoms in total. The summed E-state index contributed by atoms with van der Waals surface area (Å²) in [5.41, 5.74) is 0.164. The molecule has 0 fully saturated rings. The quantitative estimate of drug-likeness (QED) is 0.785. The number of phenolic OH excluding ortho intramolecular Hbond substituents is 2. The van der Waals surface area contributed by atoms with Gasteiger partial charge in [0.2, 0.25) is 0 Å². The molecule has 112 valence electrons. The largest absolute Gasteiger partial charge is 0.508 e. The van der Waals surface area contributed by atoms with Crippen LogP contribution in [0, 0.1) is 5.92 Å². The first-order valence-electron chi connectivity index (χ1n) is 7.23. The molecule has 0 aliphatic rings. The Bertz CT molecular complexity index is 453. The molecule has 0 saturated carbocycles. The van der Waals surface area contributed by atoms with E-state index in [1.807, 2.05) is 0 Å². The molecule has 0 atom stereocenters. The third-order valence-corrected chi connectivity index (χ3v) is 3.42. The molecule has 0 radical (unpaired) electrons. The molecule has 0 bridgehead atoms. The third kappa shape index (κ3) is 3.89. The van der Waals surface area contributed by atoms with Crippen molar-refractivity contribution >= 4 is 5.91 Å². The molecule has 0 unspecified atom stereocenters. The summed E-state index contributed by atoms with van der Waals surface area (Å²) in [5.74, 6) is 0.0208. The topological polar surface area (TPSA) is 60.8 Å². The van der Waals surface area contributed by atoms with E-state index in [1.165, 1.54) is 18.2 Å². The fraction of sp³-hybridized carbons (Fsp3) is 0.562. The van der Waals surface area contributed by atoms with Gasteiger partial charge in [0.25, 0.3) is 5.91 Å². The first kappa shape index (κ1) is 16.3. The number of carbonyl (C=O) groups is 1. The summed E-state index contributed by atoms with van der Waals surface area (Å²) in [6, 6.07) is 4.19. The van der Waals surface area contributed by atoms with Gasteiger partial charge in [0, 0.05) is 12.6 Å². The Morgan fingerprint density at radius 1 is 1.20 bits per heavy atom. The summed E-state index contributed by atoms with van der Waals surface area (Å²) in [6.07, 6.45) is 1.74. The molecule has 2 N–H and O–H groups in total. The Labute approximate surface area is 121 Å². The maximum Gasteiger partial charge on any atom is 0.258 e. The lowest BCUT2D eigenvalue weighted by Crippen LogP contribution is -2.42. The first-order valence-corrected chi connectivity index (χ1v) is 7.23. The SMILES string of the molecule is CCC(CC)N(CC(C)C)C(=O)c1cc(O)ccc1O. The average Bonchev–Trinajstić information content (AvgIpc) is 2.40. The van der Waals surface area contributed by atoms with Gasteiger partial charge in [-0.3, -0.25) is 4.79 Å². The molecule has 0 aromatic heterocycles. The van der Waals surface area contributed by atoms with Crippen LogP contribution >= 0.6 is 0 Å². The predicted octanol–water partition coefficient (Wildman–Crippen LogP) is 3.38. The van der Waals surface area contributed by atoms with E-state index in [1.54, 1.807) is 4.90 Å². The van der Waals surface area contributed by atoms with Gasteiger partial charge in [0.15, 0.2) is 0 Å². The van der Waals surface area contributed by atoms with E-state index < -0.39 is 0 Å². The number of hydrogen-bond acceptors (Lipinski definition) is 3. The zero-order valence-electron chi connectivity index (χ0n) is 12.8. The van der Waals surface area contributed by atoms with Crippen molar-refractivity contribution in [2.24, 2.45) is 5.92 Å². The molecule has 20 heavy (non-hydrogen) atoms. The van der Waals surface area contributed by atoms with Crippen molar-refractivity contribution in [1.29, 1.82) is 0 Å². The Kier molecular flexibility index (Phi) is 5.86. The lowest BCUT2D eigenvalue weighted by molar-refractivity contribution is 0.0637. The standard InChI is InChI=1S/C16H25NO3/c1-5-12(6-2)17(10-11(3)4)16(20)14-9-13(18)7-8-15(14)19/h7-9,11-12,18-19H,5-6,10H2,1-4H3. The smallest absolute Gasteiger partial charge is 0.258 e. The highest BCUT2D eigenvalue weighted by molar-refractivity contribution is 5.97. The van der Waals surface area contributed by atoms with Crippen LogP contribution in [0.5, 0.6) is 11.5 Å². The fourth-order valence-electron chi connectivity index (χ4n) is 2.37. The van der Waals surface area contributed by atoms with Crippen molar-refractivity contribution in [2.45, 2.75) is 46.6 Å². The molecule has 1 amide bonds. The molecular weight excluding hydrogens is 254 g/mol. The number of amides is 1. The van der Waals surface area contributed by atoms with Crippen LogP contribution in [0.2, 0.25) is 0 Å². The van der Waals surface area contributed by atoms with E-state index in [0.29, 0.717) is 12.5 Å². The molecule has 0 heterocycles. The lowest BCUT2D eigenvalue weighted by atomic mass is 10.0. The summed E-state index contributed by atoms with van der Waals surface area (Å²) in [5, 5.41) is 19.4. The number of aromatic hydroxyl groups is 2. The molecule has 0 spiro atoms. The van der Waals surface area contributed by atoms with Crippen LogP contribution in [0.3, 0.4) is 0 Å². The van der Waals surface area contributed by atoms with Gasteiger partial charge < -0.3 is 15.1 Å². The van der Waals surface area contributed by atoms with Crippen LogP contribution in [-0.4, -0.2) is 33.6 Å². The molecular formula is C16H25NO3. The van der Waals surface area contributed by atoms with Crippen molar-refractivity contribution in [3.63, 3.8) is 0 Å². The monoisotopic (exact) mass is 279 g/mol. The molecule has 4 heteroatoms. The van der Waals surface area contributed by atoms with Crippen LogP contribution in [0.1, 0.15) is 50.9 Å². The maximum atomic E-state index is 12.7. The second kappa shape index (κ2) is 7.17. The summed E-state index contributed by atoms with van der Waals surface area (Å²) in [7, 11) is 0. The number of phenols is 2. The number of nitrogens with zero attached hydrogens (tertiary/aromatic N) is 1. The highest BCUT2D eigenvalue weighted by Crippen LogP contribution is 2.25. The van der Waals surface area contributed by atoms with Gasteiger partial charge in [-0.05, 0) is 37.0 Å². The summed E-state index contributed by atoms with van der Waals surface area (Å²) >= 11 is 0. The van der Waals surface area contributed by atoms with E-state index in [4.69, 9.17) is 0 Å². The second-order valence-electron chi connectivity index (χ2n) is 5.52. The van der Waals surface area contributed by atoms with Crippen LogP contribution in [0.4, 0.5) is 0 Å². The summed E-state index contributed by atoms with van der Waals surface area (Å²) < 4.78 is 0. The highest BCUT2D eigenvalue weighted by Gasteiger charge is 2.25. The van der Waals surface area contributed by atoms with Crippen molar-refractivity contribution in [3.05, 3.63) is 23.8 Å². The number of hydrogen-bond donors (Lipinski definition) is 2. The van der Waals surface area contributed by atoms with E-state index in [2.05, 4.69) is 27.7 Å². The minimum absolute atomic E-state index is 0.0137. The van der Waals surface area contributed by atoms with Crippen molar-refractivity contribution in [1.82, 2.24) is 4.90 Å². The van der Waals surface area contributed by atoms with Gasteiger partial charge in [0.05, 0.1) is 5.56 Å². The van der Waals surface area contributed by atoms with E-state index in [0.717, 1.165) is 12.8 Å². The molecule has 0 aliphatic heterocycles. The van der Waals surface area contributed by atoms with Gasteiger partial charge >= 0.3 is 0 Å². The third-order valence-electron chi connectivity index (χ3n) is 3.42. The Morgan fingerprint density at radius 2 is 1.80 bits per heavy atom. The van der Waals surface area contributed by atoms with Crippen molar-refractivity contribution in [2.75, 3.05) is 6.54 Å². The van der Waals surface area contributed by atoms with Crippen LogP contribution in [-0.2, 0) is 0 Å². The van der Waals surface area contributed by atoms with Crippen LogP contribution < -0.4 is 0 Å². The zero-order valence-corrected chi connectivity index (χ0v) is 12.8. The van der Waals surface area contributed by atoms with E-state index in [9.17, 15) is 15.0 Å². The van der Waals surface area contributed by atoms with E-state index >= 15 is 0 Å². The summed E-state index contributed by atoms with van der Waals surface area (Å²) in [6.45, 7) is 8.87. The van der Waals surface area contributed by atoms with Crippen LogP contribution in [0.25, 0.3) is 0 Å². The van der Waals surface area contributed by atoms with Gasteiger partial charge in [-0.2, -0.15) is 0 Å². The minimum Gasteiger partial charge on any atom is -0.508 e. The Balaban J connectivity index is 3.12. The number of carbonyl (C=O) groups excluding carboxylic acids is 1. The van der Waals surface area contributed by atoms with Crippen molar-refractivity contribution in [3.8, 4) is 11.5 Å². The van der Waals surface area contributed by atoms with Gasteiger partial charge in [-0.25, -0.2) is 0 Å². The number of rotatable bonds is 6. The molecule has 1 rings (SSSR count). The molecule has 1 aromatic rings. The van der Waals surface area contributed by atoms with E-state index in [-0.39, 0.29) is 29.0 Å². The van der Waals surface area contributed by atoms with Crippen LogP contribution in [0.15, 0.2) is 18.2 Å².